The van der Waals surface area contributed by atoms with Gasteiger partial charge in [-0.3, -0.25) is 0 Å². The van der Waals surface area contributed by atoms with E-state index in [4.69, 9.17) is 22.1 Å². The van der Waals surface area contributed by atoms with Gasteiger partial charge in [-0.15, -0.1) is 0 Å². The number of nitrogen functional groups attached to an aromatic ring is 1. The van der Waals surface area contributed by atoms with Crippen LogP contribution in [0, 0.1) is 5.82 Å². The van der Waals surface area contributed by atoms with Crippen LogP contribution in [-0.2, 0) is 6.61 Å². The van der Waals surface area contributed by atoms with Gasteiger partial charge in [-0.2, -0.15) is 0 Å². The molecule has 0 saturated carbocycles. The molecule has 0 aliphatic rings. The molecule has 0 aromatic heterocycles. The van der Waals surface area contributed by atoms with E-state index in [2.05, 4.69) is 15.9 Å². The van der Waals surface area contributed by atoms with E-state index in [9.17, 15) is 4.39 Å². The van der Waals surface area contributed by atoms with Crippen molar-refractivity contribution in [3.63, 3.8) is 0 Å². The van der Waals surface area contributed by atoms with Gasteiger partial charge in [0, 0.05) is 5.56 Å². The zero-order valence-electron chi connectivity index (χ0n) is 9.29. The van der Waals surface area contributed by atoms with Crippen LogP contribution in [0.1, 0.15) is 5.56 Å². The van der Waals surface area contributed by atoms with Crippen molar-refractivity contribution in [1.82, 2.24) is 0 Å². The zero-order valence-corrected chi connectivity index (χ0v) is 11.6. The highest BCUT2D eigenvalue weighted by Gasteiger charge is 2.09. The summed E-state index contributed by atoms with van der Waals surface area (Å²) >= 11 is 9.02. The van der Waals surface area contributed by atoms with Crippen molar-refractivity contribution in [2.75, 3.05) is 5.73 Å². The molecule has 18 heavy (non-hydrogen) atoms. The molecule has 2 nitrogen and oxygen atoms in total. The van der Waals surface area contributed by atoms with Crippen molar-refractivity contribution in [2.24, 2.45) is 0 Å². The maximum atomic E-state index is 13.7. The Hall–Kier alpha value is -1.26. The molecule has 0 fully saturated rings. The summed E-state index contributed by atoms with van der Waals surface area (Å²) in [7, 11) is 0. The fourth-order valence-corrected chi connectivity index (χ4v) is 2.18. The summed E-state index contributed by atoms with van der Waals surface area (Å²) in [5.74, 6) is 0.0293. The molecule has 0 radical (unpaired) electrons. The predicted octanol–water partition coefficient (Wildman–Crippen LogP) is 4.40. The quantitative estimate of drug-likeness (QED) is 0.846. The smallest absolute Gasteiger partial charge is 0.156 e. The Morgan fingerprint density at radius 1 is 1.22 bits per heavy atom. The Labute approximate surface area is 118 Å². The Morgan fingerprint density at radius 2 is 1.94 bits per heavy atom. The van der Waals surface area contributed by atoms with E-state index in [0.29, 0.717) is 17.0 Å². The monoisotopic (exact) mass is 329 g/mol. The lowest BCUT2D eigenvalue weighted by Crippen LogP contribution is -2.01. The van der Waals surface area contributed by atoms with E-state index in [0.717, 1.165) is 4.47 Å². The minimum Gasteiger partial charge on any atom is -0.485 e. The van der Waals surface area contributed by atoms with E-state index in [1.807, 2.05) is 0 Å². The average Bonchev–Trinajstić information content (AvgIpc) is 2.33. The molecule has 0 heterocycles. The number of para-hydroxylation sites is 1. The molecule has 5 heteroatoms. The fraction of sp³-hybridized carbons (Fsp3) is 0.0769. The maximum Gasteiger partial charge on any atom is 0.156 e. The summed E-state index contributed by atoms with van der Waals surface area (Å²) in [5, 5.41) is 0.0798. The first-order valence-electron chi connectivity index (χ1n) is 5.19. The maximum absolute atomic E-state index is 13.7. The SMILES string of the molecule is Nc1cccc(Br)c1OCc1cccc(Cl)c1F. The van der Waals surface area contributed by atoms with Gasteiger partial charge in [0.2, 0.25) is 0 Å². The Balaban J connectivity index is 2.19. The van der Waals surface area contributed by atoms with Crippen LogP contribution in [0.4, 0.5) is 10.1 Å². The van der Waals surface area contributed by atoms with E-state index in [1.165, 1.54) is 6.07 Å². The second-order valence-electron chi connectivity index (χ2n) is 3.66. The first kappa shape index (κ1) is 13.2. The highest BCUT2D eigenvalue weighted by molar-refractivity contribution is 9.10. The van der Waals surface area contributed by atoms with Gasteiger partial charge in [0.1, 0.15) is 12.4 Å². The first-order chi connectivity index (χ1) is 8.59. The van der Waals surface area contributed by atoms with Crippen LogP contribution in [0.3, 0.4) is 0 Å². The molecule has 0 atom stereocenters. The summed E-state index contributed by atoms with van der Waals surface area (Å²) in [4.78, 5) is 0. The number of rotatable bonds is 3. The summed E-state index contributed by atoms with van der Waals surface area (Å²) in [6, 6.07) is 10.1. The van der Waals surface area contributed by atoms with Crippen LogP contribution in [0.2, 0.25) is 5.02 Å². The fourth-order valence-electron chi connectivity index (χ4n) is 1.49. The van der Waals surface area contributed by atoms with Crippen molar-refractivity contribution in [3.05, 3.63) is 57.3 Å². The van der Waals surface area contributed by atoms with Gasteiger partial charge in [0.05, 0.1) is 15.2 Å². The summed E-state index contributed by atoms with van der Waals surface area (Å²) in [5.41, 5.74) is 6.66. The van der Waals surface area contributed by atoms with Crippen molar-refractivity contribution in [1.29, 1.82) is 0 Å². The standard InChI is InChI=1S/C13H10BrClFNO/c14-9-4-2-6-11(17)13(9)18-7-8-3-1-5-10(15)12(8)16/h1-6H,7,17H2. The molecule has 2 rings (SSSR count). The Morgan fingerprint density at radius 3 is 2.67 bits per heavy atom. The van der Waals surface area contributed by atoms with Gasteiger partial charge in [0.15, 0.2) is 5.75 Å². The minimum atomic E-state index is -0.468. The largest absolute Gasteiger partial charge is 0.485 e. The lowest BCUT2D eigenvalue weighted by molar-refractivity contribution is 0.299. The highest BCUT2D eigenvalue weighted by Crippen LogP contribution is 2.32. The molecule has 94 valence electrons. The number of anilines is 1. The summed E-state index contributed by atoms with van der Waals surface area (Å²) in [6.45, 7) is 0.0687. The number of benzene rings is 2. The number of ether oxygens (including phenoxy) is 1. The molecule has 2 aromatic rings. The summed E-state index contributed by atoms with van der Waals surface area (Å²) < 4.78 is 19.9. The molecule has 0 saturated heterocycles. The molecule has 0 aliphatic heterocycles. The van der Waals surface area contributed by atoms with E-state index >= 15 is 0 Å². The lowest BCUT2D eigenvalue weighted by Gasteiger charge is -2.11. The van der Waals surface area contributed by atoms with Gasteiger partial charge in [0.25, 0.3) is 0 Å². The third kappa shape index (κ3) is 2.76. The normalized spacial score (nSPS) is 10.4. The molecule has 0 amide bonds. The molecule has 0 spiro atoms. The second kappa shape index (κ2) is 5.59. The summed E-state index contributed by atoms with van der Waals surface area (Å²) in [6.07, 6.45) is 0. The van der Waals surface area contributed by atoms with Crippen molar-refractivity contribution in [2.45, 2.75) is 6.61 Å². The molecule has 0 aliphatic carbocycles. The minimum absolute atomic E-state index is 0.0687. The lowest BCUT2D eigenvalue weighted by atomic mass is 10.2. The topological polar surface area (TPSA) is 35.2 Å². The van der Waals surface area contributed by atoms with E-state index in [1.54, 1.807) is 30.3 Å². The third-order valence-corrected chi connectivity index (χ3v) is 3.32. The van der Waals surface area contributed by atoms with Crippen LogP contribution in [0.5, 0.6) is 5.75 Å². The number of halogens is 3. The van der Waals surface area contributed by atoms with Crippen molar-refractivity contribution < 1.29 is 9.13 Å². The van der Waals surface area contributed by atoms with Crippen LogP contribution in [-0.4, -0.2) is 0 Å². The van der Waals surface area contributed by atoms with Gasteiger partial charge < -0.3 is 10.5 Å². The second-order valence-corrected chi connectivity index (χ2v) is 4.92. The van der Waals surface area contributed by atoms with Gasteiger partial charge in [-0.25, -0.2) is 4.39 Å². The van der Waals surface area contributed by atoms with Gasteiger partial charge in [-0.05, 0) is 34.1 Å². The number of hydrogen-bond donors (Lipinski definition) is 1. The number of nitrogens with two attached hydrogens (primary N) is 1. The van der Waals surface area contributed by atoms with Crippen LogP contribution >= 0.6 is 27.5 Å². The molecular weight excluding hydrogens is 321 g/mol. The molecule has 2 N–H and O–H groups in total. The zero-order chi connectivity index (χ0) is 13.1. The van der Waals surface area contributed by atoms with Crippen LogP contribution < -0.4 is 10.5 Å². The van der Waals surface area contributed by atoms with E-state index < -0.39 is 5.82 Å². The number of hydrogen-bond acceptors (Lipinski definition) is 2. The molecule has 2 aromatic carbocycles. The molecule has 0 unspecified atom stereocenters. The predicted molar refractivity (Wildman–Crippen MR) is 74.3 cm³/mol. The van der Waals surface area contributed by atoms with Gasteiger partial charge in [-0.1, -0.05) is 29.8 Å². The van der Waals surface area contributed by atoms with E-state index in [-0.39, 0.29) is 11.6 Å². The Bertz CT molecular complexity index is 557. The average molecular weight is 331 g/mol. The van der Waals surface area contributed by atoms with Crippen molar-refractivity contribution >= 4 is 33.2 Å². The van der Waals surface area contributed by atoms with Crippen molar-refractivity contribution in [3.8, 4) is 5.75 Å². The molecule has 0 bridgehead atoms. The highest BCUT2D eigenvalue weighted by atomic mass is 79.9. The molecular formula is C13H10BrClFNO. The van der Waals surface area contributed by atoms with Crippen LogP contribution in [0.25, 0.3) is 0 Å². The Kier molecular flexibility index (Phi) is 4.09. The van der Waals surface area contributed by atoms with Gasteiger partial charge >= 0.3 is 0 Å². The third-order valence-electron chi connectivity index (χ3n) is 2.40. The van der Waals surface area contributed by atoms with Crippen LogP contribution in [0.15, 0.2) is 40.9 Å². The first-order valence-corrected chi connectivity index (χ1v) is 6.36.